The molecule has 176 valence electrons. The van der Waals surface area contributed by atoms with Crippen LogP contribution in [-0.2, 0) is 11.4 Å². The van der Waals surface area contributed by atoms with E-state index in [-0.39, 0.29) is 13.2 Å². The van der Waals surface area contributed by atoms with Crippen molar-refractivity contribution in [3.05, 3.63) is 64.9 Å². The molecule has 0 bridgehead atoms. The highest BCUT2D eigenvalue weighted by atomic mass is 32.1. The molecule has 0 saturated heterocycles. The fraction of sp³-hybridized carbons (Fsp3) is 0.250. The molecular formula is C24H25N5O4S. The van der Waals surface area contributed by atoms with E-state index in [9.17, 15) is 9.90 Å². The van der Waals surface area contributed by atoms with E-state index in [4.69, 9.17) is 9.47 Å². The topological polar surface area (TPSA) is 118 Å². The Kier molecular flexibility index (Phi) is 7.51. The van der Waals surface area contributed by atoms with Gasteiger partial charge in [0.15, 0.2) is 0 Å². The lowest BCUT2D eigenvalue weighted by molar-refractivity contribution is -0.128. The molecule has 1 unspecified atom stereocenters. The second-order valence-corrected chi connectivity index (χ2v) is 8.28. The minimum atomic E-state index is -1.06. The van der Waals surface area contributed by atoms with Crippen LogP contribution in [0.4, 0.5) is 11.5 Å². The number of carbonyl (C=O) groups excluding carboxylic acids is 1. The maximum Gasteiger partial charge on any atom is 0.248 e. The second kappa shape index (κ2) is 10.9. The van der Waals surface area contributed by atoms with Crippen molar-refractivity contribution in [1.82, 2.24) is 20.3 Å². The van der Waals surface area contributed by atoms with Crippen molar-refractivity contribution in [2.45, 2.75) is 26.6 Å². The normalized spacial score (nSPS) is 11.7. The fourth-order valence-electron chi connectivity index (χ4n) is 3.26. The molecule has 9 nitrogen and oxygen atoms in total. The van der Waals surface area contributed by atoms with Gasteiger partial charge in [-0.3, -0.25) is 4.79 Å². The molecule has 2 heterocycles. The van der Waals surface area contributed by atoms with E-state index in [0.717, 1.165) is 33.6 Å². The minimum absolute atomic E-state index is 0.232. The summed E-state index contributed by atoms with van der Waals surface area (Å²) in [6, 6.07) is 11.4. The molecule has 4 rings (SSSR count). The number of fused-ring (bicyclic) bond motifs is 1. The Balaban J connectivity index is 1.48. The molecule has 0 aliphatic carbocycles. The molecule has 4 aromatic rings. The molecule has 34 heavy (non-hydrogen) atoms. The molecule has 0 spiro atoms. The first-order valence-corrected chi connectivity index (χ1v) is 11.7. The third kappa shape index (κ3) is 5.77. The monoisotopic (exact) mass is 479 g/mol. The van der Waals surface area contributed by atoms with Gasteiger partial charge in [-0.15, -0.1) is 11.3 Å². The summed E-state index contributed by atoms with van der Waals surface area (Å²) < 4.78 is 11.8. The number of aliphatic hydroxyl groups is 1. The standard InChI is InChI=1S/C24H25N5O4S/c1-15-10-17(6-7-20(15)33-11-18-12-34-14-28-18)29-23-22-19(26-13-27-23)4-3-5-21(22)32-9-8-25-24(31)16(2)30/h3-7,10,12-14,16,30H,8-9,11H2,1-2H3,(H,25,31)(H,26,27,29). The molecule has 2 aromatic carbocycles. The van der Waals surface area contributed by atoms with Gasteiger partial charge in [-0.2, -0.15) is 0 Å². The molecule has 10 heteroatoms. The van der Waals surface area contributed by atoms with E-state index >= 15 is 0 Å². The van der Waals surface area contributed by atoms with Crippen molar-refractivity contribution < 1.29 is 19.4 Å². The molecule has 0 aliphatic rings. The van der Waals surface area contributed by atoms with Gasteiger partial charge >= 0.3 is 0 Å². The molecular weight excluding hydrogens is 454 g/mol. The number of aryl methyl sites for hydroxylation is 1. The highest BCUT2D eigenvalue weighted by Crippen LogP contribution is 2.32. The summed E-state index contributed by atoms with van der Waals surface area (Å²) in [6.45, 7) is 4.31. The molecule has 1 amide bonds. The lowest BCUT2D eigenvalue weighted by atomic mass is 10.1. The number of aliphatic hydroxyl groups excluding tert-OH is 1. The van der Waals surface area contributed by atoms with Crippen LogP contribution in [0.15, 0.2) is 53.6 Å². The van der Waals surface area contributed by atoms with Gasteiger partial charge in [0.1, 0.15) is 43.0 Å². The fourth-order valence-corrected chi connectivity index (χ4v) is 3.81. The summed E-state index contributed by atoms with van der Waals surface area (Å²) in [5, 5.41) is 17.9. The highest BCUT2D eigenvalue weighted by Gasteiger charge is 2.12. The summed E-state index contributed by atoms with van der Waals surface area (Å²) >= 11 is 1.54. The Labute approximate surface area is 200 Å². The smallest absolute Gasteiger partial charge is 0.248 e. The van der Waals surface area contributed by atoms with E-state index in [0.29, 0.717) is 18.2 Å². The Morgan fingerprint density at radius 3 is 2.79 bits per heavy atom. The van der Waals surface area contributed by atoms with Crippen molar-refractivity contribution in [1.29, 1.82) is 0 Å². The molecule has 0 radical (unpaired) electrons. The van der Waals surface area contributed by atoms with Gasteiger partial charge in [0, 0.05) is 11.1 Å². The van der Waals surface area contributed by atoms with Gasteiger partial charge in [-0.05, 0) is 49.7 Å². The summed E-state index contributed by atoms with van der Waals surface area (Å²) in [5.74, 6) is 1.53. The lowest BCUT2D eigenvalue weighted by Gasteiger charge is -2.15. The van der Waals surface area contributed by atoms with Crippen LogP contribution in [-0.4, -0.2) is 45.2 Å². The largest absolute Gasteiger partial charge is 0.491 e. The number of hydrogen-bond donors (Lipinski definition) is 3. The predicted molar refractivity (Wildman–Crippen MR) is 131 cm³/mol. The van der Waals surface area contributed by atoms with E-state index < -0.39 is 12.0 Å². The number of nitrogens with zero attached hydrogens (tertiary/aromatic N) is 3. The van der Waals surface area contributed by atoms with Gasteiger partial charge in [-0.25, -0.2) is 15.0 Å². The molecule has 3 N–H and O–H groups in total. The number of hydrogen-bond acceptors (Lipinski definition) is 9. The number of ether oxygens (including phenoxy) is 2. The summed E-state index contributed by atoms with van der Waals surface area (Å²) in [5.41, 5.74) is 5.23. The van der Waals surface area contributed by atoms with Crippen molar-refractivity contribution >= 4 is 39.7 Å². The highest BCUT2D eigenvalue weighted by molar-refractivity contribution is 7.07. The van der Waals surface area contributed by atoms with Gasteiger partial charge in [0.05, 0.1) is 28.7 Å². The van der Waals surface area contributed by atoms with Gasteiger partial charge in [0.2, 0.25) is 5.91 Å². The Morgan fingerprint density at radius 2 is 2.03 bits per heavy atom. The van der Waals surface area contributed by atoms with Gasteiger partial charge in [-0.1, -0.05) is 6.07 Å². The van der Waals surface area contributed by atoms with Crippen LogP contribution in [0.25, 0.3) is 10.9 Å². The number of benzene rings is 2. The Morgan fingerprint density at radius 1 is 1.15 bits per heavy atom. The molecule has 0 fully saturated rings. The summed E-state index contributed by atoms with van der Waals surface area (Å²) in [6.07, 6.45) is 0.435. The third-order valence-electron chi connectivity index (χ3n) is 4.96. The van der Waals surface area contributed by atoms with Crippen LogP contribution in [0.1, 0.15) is 18.2 Å². The molecule has 0 saturated carbocycles. The van der Waals surface area contributed by atoms with Crippen LogP contribution in [0.2, 0.25) is 0 Å². The van der Waals surface area contributed by atoms with Gasteiger partial charge in [0.25, 0.3) is 0 Å². The first-order chi connectivity index (χ1) is 16.5. The van der Waals surface area contributed by atoms with Crippen LogP contribution >= 0.6 is 11.3 Å². The third-order valence-corrected chi connectivity index (χ3v) is 5.59. The number of rotatable bonds is 10. The first-order valence-electron chi connectivity index (χ1n) is 10.7. The van der Waals surface area contributed by atoms with Crippen molar-refractivity contribution in [2.75, 3.05) is 18.5 Å². The zero-order valence-electron chi connectivity index (χ0n) is 18.8. The second-order valence-electron chi connectivity index (χ2n) is 7.56. The Hall–Kier alpha value is -3.76. The van der Waals surface area contributed by atoms with Crippen LogP contribution in [0.3, 0.4) is 0 Å². The number of nitrogens with one attached hydrogen (secondary N) is 2. The lowest BCUT2D eigenvalue weighted by Crippen LogP contribution is -2.35. The van der Waals surface area contributed by atoms with E-state index in [1.807, 2.05) is 48.7 Å². The molecule has 2 aromatic heterocycles. The quantitative estimate of drug-likeness (QED) is 0.295. The van der Waals surface area contributed by atoms with E-state index in [1.165, 1.54) is 13.3 Å². The predicted octanol–water partition coefficient (Wildman–Crippen LogP) is 3.59. The zero-order chi connectivity index (χ0) is 23.9. The Bertz CT molecular complexity index is 1260. The van der Waals surface area contributed by atoms with Crippen molar-refractivity contribution in [2.24, 2.45) is 0 Å². The maximum atomic E-state index is 11.5. The molecule has 1 atom stereocenters. The average Bonchev–Trinajstić information content (AvgIpc) is 3.35. The summed E-state index contributed by atoms with van der Waals surface area (Å²) in [7, 11) is 0. The average molecular weight is 480 g/mol. The number of thiazole rings is 1. The maximum absolute atomic E-state index is 11.5. The van der Waals surface area contributed by atoms with Crippen LogP contribution in [0, 0.1) is 6.92 Å². The van der Waals surface area contributed by atoms with Crippen molar-refractivity contribution in [3.63, 3.8) is 0 Å². The van der Waals surface area contributed by atoms with Crippen molar-refractivity contribution in [3.8, 4) is 11.5 Å². The van der Waals surface area contributed by atoms with Crippen LogP contribution in [0.5, 0.6) is 11.5 Å². The molecule has 0 aliphatic heterocycles. The SMILES string of the molecule is Cc1cc(Nc2ncnc3cccc(OCCNC(=O)C(C)O)c23)ccc1OCc1cscn1. The van der Waals surface area contributed by atoms with E-state index in [2.05, 4.69) is 25.6 Å². The minimum Gasteiger partial charge on any atom is -0.491 e. The number of amides is 1. The van der Waals surface area contributed by atoms with Crippen LogP contribution < -0.4 is 20.1 Å². The first kappa shape index (κ1) is 23.4. The van der Waals surface area contributed by atoms with E-state index in [1.54, 1.807) is 16.8 Å². The summed E-state index contributed by atoms with van der Waals surface area (Å²) in [4.78, 5) is 24.5. The number of anilines is 2. The zero-order valence-corrected chi connectivity index (χ0v) is 19.6. The number of aromatic nitrogens is 3. The van der Waals surface area contributed by atoms with Gasteiger partial charge < -0.3 is 25.2 Å². The number of carbonyl (C=O) groups is 1.